The number of nitrogens with one attached hydrogen (secondary N) is 1. The van der Waals surface area contributed by atoms with Crippen LogP contribution in [0.2, 0.25) is 0 Å². The number of para-hydroxylation sites is 1. The first-order valence-corrected chi connectivity index (χ1v) is 9.90. The maximum atomic E-state index is 12.8. The van der Waals surface area contributed by atoms with Gasteiger partial charge >= 0.3 is 5.97 Å². The molecule has 0 spiro atoms. The minimum atomic E-state index is -0.615. The van der Waals surface area contributed by atoms with Crippen molar-refractivity contribution in [3.8, 4) is 11.1 Å². The molecule has 1 amide bonds. The normalized spacial score (nSPS) is 10.7. The number of amides is 1. The Balaban J connectivity index is 0.00000341. The Labute approximate surface area is 193 Å². The summed E-state index contributed by atoms with van der Waals surface area (Å²) >= 11 is 0. The van der Waals surface area contributed by atoms with Gasteiger partial charge in [-0.15, -0.1) is 17.0 Å². The molecule has 5 nitrogen and oxygen atoms in total. The van der Waals surface area contributed by atoms with Gasteiger partial charge in [0.05, 0.1) is 11.3 Å². The molecule has 3 rings (SSSR count). The van der Waals surface area contributed by atoms with Gasteiger partial charge in [-0.1, -0.05) is 42.5 Å². The van der Waals surface area contributed by atoms with Crippen LogP contribution in [0.1, 0.15) is 36.7 Å². The van der Waals surface area contributed by atoms with Gasteiger partial charge in [0.25, 0.3) is 5.91 Å². The molecule has 31 heavy (non-hydrogen) atoms. The van der Waals surface area contributed by atoms with Crippen LogP contribution in [0.15, 0.2) is 73.1 Å². The van der Waals surface area contributed by atoms with Gasteiger partial charge in [0.1, 0.15) is 5.60 Å². The van der Waals surface area contributed by atoms with E-state index in [2.05, 4.69) is 5.32 Å². The summed E-state index contributed by atoms with van der Waals surface area (Å²) in [7, 11) is 0. The maximum Gasteiger partial charge on any atom is 0.340 e. The van der Waals surface area contributed by atoms with Crippen molar-refractivity contribution in [3.63, 3.8) is 0 Å². The van der Waals surface area contributed by atoms with E-state index in [1.807, 2.05) is 93.2 Å². The predicted molar refractivity (Wildman–Crippen MR) is 127 cm³/mol. The van der Waals surface area contributed by atoms with Gasteiger partial charge < -0.3 is 10.1 Å². The number of anilines is 1. The van der Waals surface area contributed by atoms with Crippen LogP contribution in [-0.2, 0) is 16.1 Å². The number of rotatable bonds is 5. The van der Waals surface area contributed by atoms with Gasteiger partial charge in [-0.3, -0.25) is 4.79 Å². The minimum absolute atomic E-state index is 0. The number of hydrogen-bond acceptors (Lipinski definition) is 3. The highest BCUT2D eigenvalue weighted by Gasteiger charge is 2.23. The van der Waals surface area contributed by atoms with Crippen molar-refractivity contribution in [2.24, 2.45) is 0 Å². The summed E-state index contributed by atoms with van der Waals surface area (Å²) in [5.41, 5.74) is 3.12. The quantitative estimate of drug-likeness (QED) is 0.404. The number of carbonyl (C=O) groups is 2. The number of esters is 1. The van der Waals surface area contributed by atoms with E-state index < -0.39 is 11.6 Å². The van der Waals surface area contributed by atoms with Gasteiger partial charge in [-0.2, -0.15) is 4.57 Å². The molecule has 1 heterocycles. The molecule has 0 aliphatic carbocycles. The van der Waals surface area contributed by atoms with Crippen LogP contribution >= 0.6 is 17.0 Å². The monoisotopic (exact) mass is 483 g/mol. The van der Waals surface area contributed by atoms with Crippen LogP contribution in [0.25, 0.3) is 11.1 Å². The molecule has 2 aromatic carbocycles. The lowest BCUT2D eigenvalue weighted by Crippen LogP contribution is -2.40. The van der Waals surface area contributed by atoms with E-state index in [0.717, 1.165) is 16.7 Å². The lowest BCUT2D eigenvalue weighted by atomic mass is 10.1. The number of carbonyl (C=O) groups excluding carboxylic acids is 2. The summed E-state index contributed by atoms with van der Waals surface area (Å²) in [5, 5.41) is 2.89. The van der Waals surface area contributed by atoms with Gasteiger partial charge in [0.2, 0.25) is 6.54 Å². The zero-order valence-electron chi connectivity index (χ0n) is 18.2. The van der Waals surface area contributed by atoms with E-state index in [9.17, 15) is 9.59 Å². The zero-order valence-corrected chi connectivity index (χ0v) is 19.9. The maximum absolute atomic E-state index is 12.8. The second-order valence-electron chi connectivity index (χ2n) is 8.18. The Hall–Kier alpha value is -2.99. The van der Waals surface area contributed by atoms with Crippen molar-refractivity contribution in [1.82, 2.24) is 0 Å². The molecule has 3 aromatic rings. The summed E-state index contributed by atoms with van der Waals surface area (Å²) in [6, 6.07) is 19.2. The zero-order chi connectivity index (χ0) is 21.7. The van der Waals surface area contributed by atoms with Gasteiger partial charge in [-0.25, -0.2) is 4.79 Å². The molecule has 1 aromatic heterocycles. The SMILES string of the molecule is Br.Cc1cccc(C(=O)OC(C)(C)C)c1NC(=O)C[n+]1cccc(-c2ccccc2)c1. The fraction of sp³-hybridized carbons (Fsp3) is 0.240. The Morgan fingerprint density at radius 1 is 0.935 bits per heavy atom. The number of nitrogens with zero attached hydrogens (tertiary/aromatic N) is 1. The Kier molecular flexibility index (Phi) is 8.11. The number of aromatic nitrogens is 1. The van der Waals surface area contributed by atoms with E-state index >= 15 is 0 Å². The molecular weight excluding hydrogens is 456 g/mol. The van der Waals surface area contributed by atoms with Crippen LogP contribution in [-0.4, -0.2) is 17.5 Å². The Morgan fingerprint density at radius 3 is 2.29 bits per heavy atom. The summed E-state index contributed by atoms with van der Waals surface area (Å²) in [5.74, 6) is -0.676. The van der Waals surface area contributed by atoms with Gasteiger partial charge in [0.15, 0.2) is 12.4 Å². The van der Waals surface area contributed by atoms with Crippen LogP contribution in [0, 0.1) is 6.92 Å². The van der Waals surface area contributed by atoms with Gasteiger partial charge in [-0.05, 0) is 51.0 Å². The van der Waals surface area contributed by atoms with Crippen molar-refractivity contribution in [2.75, 3.05) is 5.32 Å². The molecule has 0 bridgehead atoms. The molecular formula is C25H28BrN2O3+. The number of ether oxygens (including phenoxy) is 1. The number of pyridine rings is 1. The molecule has 0 radical (unpaired) electrons. The molecule has 162 valence electrons. The standard InChI is InChI=1S/C25H26N2O3.BrH/c1-18-10-8-14-21(24(29)30-25(2,3)4)23(18)26-22(28)17-27-15-9-13-20(16-27)19-11-6-5-7-12-19;/h5-16H,17H2,1-4H3;1H/p+1. The summed E-state index contributed by atoms with van der Waals surface area (Å²) < 4.78 is 7.31. The lowest BCUT2D eigenvalue weighted by molar-refractivity contribution is -0.683. The van der Waals surface area contributed by atoms with Crippen molar-refractivity contribution >= 4 is 34.5 Å². The first kappa shape index (κ1) is 24.3. The highest BCUT2D eigenvalue weighted by molar-refractivity contribution is 8.93. The number of hydrogen-bond donors (Lipinski definition) is 1. The molecule has 0 unspecified atom stereocenters. The third-order valence-corrected chi connectivity index (χ3v) is 4.45. The minimum Gasteiger partial charge on any atom is -0.456 e. The van der Waals surface area contributed by atoms with E-state index in [-0.39, 0.29) is 29.4 Å². The Morgan fingerprint density at radius 2 is 1.61 bits per heavy atom. The third-order valence-electron chi connectivity index (χ3n) is 4.45. The first-order valence-electron chi connectivity index (χ1n) is 9.90. The second kappa shape index (κ2) is 10.4. The van der Waals surface area contributed by atoms with Crippen LogP contribution in [0.3, 0.4) is 0 Å². The number of benzene rings is 2. The van der Waals surface area contributed by atoms with Crippen LogP contribution < -0.4 is 9.88 Å². The van der Waals surface area contributed by atoms with Crippen molar-refractivity contribution < 1.29 is 18.9 Å². The molecule has 1 N–H and O–H groups in total. The molecule has 0 aliphatic heterocycles. The molecule has 0 saturated carbocycles. The fourth-order valence-corrected chi connectivity index (χ4v) is 3.10. The second-order valence-corrected chi connectivity index (χ2v) is 8.18. The van der Waals surface area contributed by atoms with E-state index in [1.165, 1.54) is 0 Å². The summed E-state index contributed by atoms with van der Waals surface area (Å²) in [4.78, 5) is 25.4. The third kappa shape index (κ3) is 6.76. The van der Waals surface area contributed by atoms with Gasteiger partial charge in [0, 0.05) is 11.6 Å². The highest BCUT2D eigenvalue weighted by atomic mass is 79.9. The summed E-state index contributed by atoms with van der Waals surface area (Å²) in [6.45, 7) is 7.43. The number of halogens is 1. The molecule has 0 atom stereocenters. The average Bonchev–Trinajstić information content (AvgIpc) is 2.69. The highest BCUT2D eigenvalue weighted by Crippen LogP contribution is 2.23. The lowest BCUT2D eigenvalue weighted by Gasteiger charge is -2.21. The topological polar surface area (TPSA) is 59.3 Å². The molecule has 0 fully saturated rings. The molecule has 0 aliphatic rings. The molecule has 0 saturated heterocycles. The largest absolute Gasteiger partial charge is 0.456 e. The van der Waals surface area contributed by atoms with Crippen molar-refractivity contribution in [3.05, 3.63) is 84.2 Å². The summed E-state index contributed by atoms with van der Waals surface area (Å²) in [6.07, 6.45) is 3.78. The Bertz CT molecular complexity index is 1060. The van der Waals surface area contributed by atoms with Crippen LogP contribution in [0.5, 0.6) is 0 Å². The molecule has 6 heteroatoms. The van der Waals surface area contributed by atoms with E-state index in [1.54, 1.807) is 12.1 Å². The predicted octanol–water partition coefficient (Wildman–Crippen LogP) is 5.12. The van der Waals surface area contributed by atoms with Crippen molar-refractivity contribution in [2.45, 2.75) is 39.8 Å². The smallest absolute Gasteiger partial charge is 0.340 e. The van der Waals surface area contributed by atoms with Crippen LogP contribution in [0.4, 0.5) is 5.69 Å². The van der Waals surface area contributed by atoms with Crippen molar-refractivity contribution in [1.29, 1.82) is 0 Å². The number of aryl methyl sites for hydroxylation is 1. The first-order chi connectivity index (χ1) is 14.2. The fourth-order valence-electron chi connectivity index (χ4n) is 3.10. The average molecular weight is 484 g/mol. The van der Waals surface area contributed by atoms with E-state index in [0.29, 0.717) is 11.3 Å². The van der Waals surface area contributed by atoms with E-state index in [4.69, 9.17) is 4.74 Å².